The van der Waals surface area contributed by atoms with Gasteiger partial charge >= 0.3 is 0 Å². The van der Waals surface area contributed by atoms with Crippen LogP contribution >= 0.6 is 24.0 Å². The Morgan fingerprint density at radius 2 is 2.11 bits per heavy atom. The average molecular weight is 487 g/mol. The van der Waals surface area contributed by atoms with Crippen LogP contribution in [0.5, 0.6) is 0 Å². The summed E-state index contributed by atoms with van der Waals surface area (Å²) in [6.07, 6.45) is 3.88. The summed E-state index contributed by atoms with van der Waals surface area (Å²) >= 11 is 0. The van der Waals surface area contributed by atoms with E-state index in [1.165, 1.54) is 29.5 Å². The predicted molar refractivity (Wildman–Crippen MR) is 121 cm³/mol. The second-order valence-electron chi connectivity index (χ2n) is 7.32. The third kappa shape index (κ3) is 6.32. The number of nitrogens with zero attached hydrogens (tertiary/aromatic N) is 2. The molecule has 0 bridgehead atoms. The SMILES string of the molecule is CCNC(=NCCC1CCCO1)N1CCOC(c2ccc(C)cc2C)C1.I. The quantitative estimate of drug-likeness (QED) is 0.390. The Kier molecular flexibility index (Phi) is 9.32. The van der Waals surface area contributed by atoms with Gasteiger partial charge in [0.15, 0.2) is 5.96 Å². The van der Waals surface area contributed by atoms with Crippen molar-refractivity contribution in [3.63, 3.8) is 0 Å². The molecule has 2 aliphatic rings. The van der Waals surface area contributed by atoms with Gasteiger partial charge in [0, 0.05) is 26.2 Å². The van der Waals surface area contributed by atoms with Crippen LogP contribution < -0.4 is 5.32 Å². The zero-order valence-electron chi connectivity index (χ0n) is 16.9. The number of hydrogen-bond acceptors (Lipinski definition) is 3. The number of ether oxygens (including phenoxy) is 2. The number of aryl methyl sites for hydroxylation is 2. The number of hydrogen-bond donors (Lipinski definition) is 1. The second kappa shape index (κ2) is 11.2. The van der Waals surface area contributed by atoms with Crippen molar-refractivity contribution >= 4 is 29.9 Å². The summed E-state index contributed by atoms with van der Waals surface area (Å²) < 4.78 is 11.8. The van der Waals surface area contributed by atoms with Gasteiger partial charge in [0.1, 0.15) is 6.10 Å². The van der Waals surface area contributed by atoms with Crippen molar-refractivity contribution in [3.8, 4) is 0 Å². The van der Waals surface area contributed by atoms with Crippen molar-refractivity contribution in [2.75, 3.05) is 39.4 Å². The molecule has 0 aromatic heterocycles. The van der Waals surface area contributed by atoms with Gasteiger partial charge in [-0.05, 0) is 51.2 Å². The van der Waals surface area contributed by atoms with Crippen molar-refractivity contribution in [1.29, 1.82) is 0 Å². The number of aliphatic imine (C=N–C) groups is 1. The van der Waals surface area contributed by atoms with Crippen LogP contribution in [-0.2, 0) is 9.47 Å². The summed E-state index contributed by atoms with van der Waals surface area (Å²) in [5, 5.41) is 3.45. The molecule has 0 saturated carbocycles. The van der Waals surface area contributed by atoms with Crippen molar-refractivity contribution in [1.82, 2.24) is 10.2 Å². The third-order valence-corrected chi connectivity index (χ3v) is 5.21. The first-order valence-corrected chi connectivity index (χ1v) is 10.0. The molecule has 2 fully saturated rings. The van der Waals surface area contributed by atoms with Gasteiger partial charge in [0.25, 0.3) is 0 Å². The molecular weight excluding hydrogens is 453 g/mol. The monoisotopic (exact) mass is 487 g/mol. The van der Waals surface area contributed by atoms with Crippen LogP contribution in [0.25, 0.3) is 0 Å². The number of morpholine rings is 1. The van der Waals surface area contributed by atoms with E-state index in [0.29, 0.717) is 6.10 Å². The molecule has 0 spiro atoms. The highest BCUT2D eigenvalue weighted by molar-refractivity contribution is 14.0. The Morgan fingerprint density at radius 3 is 2.81 bits per heavy atom. The molecule has 1 aromatic rings. The molecule has 1 N–H and O–H groups in total. The highest BCUT2D eigenvalue weighted by Crippen LogP contribution is 2.26. The van der Waals surface area contributed by atoms with Crippen LogP contribution in [0.15, 0.2) is 23.2 Å². The zero-order chi connectivity index (χ0) is 18.4. The van der Waals surface area contributed by atoms with E-state index in [2.05, 4.69) is 49.2 Å². The van der Waals surface area contributed by atoms with E-state index in [9.17, 15) is 0 Å². The summed E-state index contributed by atoms with van der Waals surface area (Å²) in [5.74, 6) is 1.00. The summed E-state index contributed by atoms with van der Waals surface area (Å²) in [4.78, 5) is 7.20. The molecule has 0 radical (unpaired) electrons. The van der Waals surface area contributed by atoms with E-state index in [0.717, 1.165) is 51.8 Å². The largest absolute Gasteiger partial charge is 0.378 e. The van der Waals surface area contributed by atoms with E-state index < -0.39 is 0 Å². The first kappa shape index (κ1) is 22.4. The number of benzene rings is 1. The van der Waals surface area contributed by atoms with E-state index >= 15 is 0 Å². The highest BCUT2D eigenvalue weighted by Gasteiger charge is 2.25. The normalized spacial score (nSPS) is 23.2. The van der Waals surface area contributed by atoms with E-state index in [4.69, 9.17) is 14.5 Å². The molecule has 2 atom stereocenters. The lowest BCUT2D eigenvalue weighted by atomic mass is 10.00. The molecule has 2 heterocycles. The van der Waals surface area contributed by atoms with Crippen LogP contribution in [0, 0.1) is 13.8 Å². The minimum Gasteiger partial charge on any atom is -0.378 e. The standard InChI is InChI=1S/C21H33N3O2.HI/c1-4-22-21(23-10-9-18-6-5-12-25-18)24-11-13-26-20(15-24)19-8-7-16(2)14-17(19)3;/h7-8,14,18,20H,4-6,9-13,15H2,1-3H3,(H,22,23);1H. The number of guanidine groups is 1. The van der Waals surface area contributed by atoms with Gasteiger partial charge in [-0.1, -0.05) is 23.8 Å². The number of halogens is 1. The Hall–Kier alpha value is -0.860. The maximum atomic E-state index is 6.08. The van der Waals surface area contributed by atoms with E-state index in [1.54, 1.807) is 0 Å². The first-order valence-electron chi connectivity index (χ1n) is 10.0. The van der Waals surface area contributed by atoms with Crippen LogP contribution in [-0.4, -0.2) is 56.4 Å². The fraction of sp³-hybridized carbons (Fsp3) is 0.667. The number of rotatable bonds is 5. The Labute approximate surface area is 180 Å². The van der Waals surface area contributed by atoms with Crippen molar-refractivity contribution in [2.45, 2.75) is 52.2 Å². The maximum absolute atomic E-state index is 6.08. The van der Waals surface area contributed by atoms with Crippen molar-refractivity contribution in [2.24, 2.45) is 4.99 Å². The van der Waals surface area contributed by atoms with Crippen molar-refractivity contribution in [3.05, 3.63) is 34.9 Å². The van der Waals surface area contributed by atoms with Crippen molar-refractivity contribution < 1.29 is 9.47 Å². The summed E-state index contributed by atoms with van der Waals surface area (Å²) in [6.45, 7) is 11.5. The Morgan fingerprint density at radius 1 is 1.26 bits per heavy atom. The van der Waals surface area contributed by atoms with Crippen LogP contribution in [0.1, 0.15) is 49.0 Å². The summed E-state index contributed by atoms with van der Waals surface area (Å²) in [5.41, 5.74) is 3.88. The molecule has 6 heteroatoms. The molecule has 0 amide bonds. The van der Waals surface area contributed by atoms with Crippen LogP contribution in [0.2, 0.25) is 0 Å². The molecule has 2 unspecified atom stereocenters. The fourth-order valence-electron chi connectivity index (χ4n) is 3.83. The van der Waals surface area contributed by atoms with Gasteiger partial charge in [0.05, 0.1) is 19.3 Å². The predicted octanol–water partition coefficient (Wildman–Crippen LogP) is 3.83. The Bertz CT molecular complexity index is 617. The third-order valence-electron chi connectivity index (χ3n) is 5.21. The molecular formula is C21H34IN3O2. The minimum atomic E-state index is 0. The summed E-state index contributed by atoms with van der Waals surface area (Å²) in [7, 11) is 0. The topological polar surface area (TPSA) is 46.1 Å². The van der Waals surface area contributed by atoms with Crippen LogP contribution in [0.4, 0.5) is 0 Å². The van der Waals surface area contributed by atoms with Gasteiger partial charge in [-0.2, -0.15) is 0 Å². The lowest BCUT2D eigenvalue weighted by molar-refractivity contribution is -0.00836. The Balaban J connectivity index is 0.00000261. The minimum absolute atomic E-state index is 0. The van der Waals surface area contributed by atoms with Gasteiger partial charge < -0.3 is 19.7 Å². The van der Waals surface area contributed by atoms with E-state index in [-0.39, 0.29) is 30.1 Å². The molecule has 2 aliphatic heterocycles. The zero-order valence-corrected chi connectivity index (χ0v) is 19.2. The van der Waals surface area contributed by atoms with Gasteiger partial charge in [-0.3, -0.25) is 4.99 Å². The first-order chi connectivity index (χ1) is 12.7. The lowest BCUT2D eigenvalue weighted by Gasteiger charge is -2.36. The smallest absolute Gasteiger partial charge is 0.194 e. The van der Waals surface area contributed by atoms with Gasteiger partial charge in [0.2, 0.25) is 0 Å². The molecule has 5 nitrogen and oxygen atoms in total. The van der Waals surface area contributed by atoms with Gasteiger partial charge in [-0.15, -0.1) is 24.0 Å². The molecule has 27 heavy (non-hydrogen) atoms. The average Bonchev–Trinajstić information content (AvgIpc) is 3.14. The van der Waals surface area contributed by atoms with E-state index in [1.807, 2.05) is 0 Å². The highest BCUT2D eigenvalue weighted by atomic mass is 127. The maximum Gasteiger partial charge on any atom is 0.194 e. The fourth-order valence-corrected chi connectivity index (χ4v) is 3.83. The molecule has 1 aromatic carbocycles. The number of nitrogens with one attached hydrogen (secondary N) is 1. The van der Waals surface area contributed by atoms with Gasteiger partial charge in [-0.25, -0.2) is 0 Å². The lowest BCUT2D eigenvalue weighted by Crippen LogP contribution is -2.48. The van der Waals surface area contributed by atoms with Crippen LogP contribution in [0.3, 0.4) is 0 Å². The summed E-state index contributed by atoms with van der Waals surface area (Å²) in [6, 6.07) is 6.62. The second-order valence-corrected chi connectivity index (χ2v) is 7.32. The molecule has 2 saturated heterocycles. The molecule has 3 rings (SSSR count). The molecule has 0 aliphatic carbocycles. The molecule has 152 valence electrons.